The van der Waals surface area contributed by atoms with Gasteiger partial charge in [0.1, 0.15) is 0 Å². The molecule has 104 heavy (non-hydrogen) atoms. The molecule has 0 aromatic heterocycles. The Morgan fingerprint density at radius 1 is 0.298 bits per heavy atom. The van der Waals surface area contributed by atoms with Crippen molar-refractivity contribution in [3.8, 4) is 45.3 Å². The molecule has 0 bridgehead atoms. The van der Waals surface area contributed by atoms with Gasteiger partial charge in [-0.05, 0) is 142 Å². The van der Waals surface area contributed by atoms with Crippen LogP contribution in [0.4, 0.5) is 34.1 Å². The second-order valence-corrected chi connectivity index (χ2v) is 25.8. The Labute approximate surface area is 676 Å². The first kappa shape index (κ1) is 87.9. The van der Waals surface area contributed by atoms with E-state index in [0.717, 1.165) is 130 Å². The van der Waals surface area contributed by atoms with Gasteiger partial charge >= 0.3 is 79.2 Å². The van der Waals surface area contributed by atoms with Crippen LogP contribution in [0.1, 0.15) is 160 Å². The summed E-state index contributed by atoms with van der Waals surface area (Å²) < 4.78 is 25.9. The number of unbranched alkanes of at least 4 members (excludes halogenated alkanes) is 4. The van der Waals surface area contributed by atoms with E-state index in [1.165, 1.54) is 90.7 Å². The third-order valence-electron chi connectivity index (χ3n) is 18.3. The number of benzene rings is 11. The van der Waals surface area contributed by atoms with Crippen LogP contribution in [0.15, 0.2) is 194 Å². The Balaban J connectivity index is 0.000000886. The molecule has 546 valence electrons. The van der Waals surface area contributed by atoms with Gasteiger partial charge in [-0.3, -0.25) is 0 Å². The van der Waals surface area contributed by atoms with Crippen LogP contribution in [-0.2, 0) is 79.2 Å². The summed E-state index contributed by atoms with van der Waals surface area (Å²) in [4.78, 5) is 4.64. The average molecular weight is 2090 g/mol. The van der Waals surface area contributed by atoms with E-state index in [2.05, 4.69) is 290 Å². The number of fused-ring (bicyclic) bond motifs is 6. The molecule has 0 aliphatic rings. The summed E-state index contributed by atoms with van der Waals surface area (Å²) in [7, 11) is 0. The van der Waals surface area contributed by atoms with E-state index in [4.69, 9.17) is 18.9 Å². The van der Waals surface area contributed by atoms with Crippen LogP contribution in [0.2, 0.25) is 0 Å². The summed E-state index contributed by atoms with van der Waals surface area (Å²) in [6.07, 6.45) is 12.8. The van der Waals surface area contributed by atoms with Gasteiger partial charge in [-0.2, -0.15) is 74.2 Å². The van der Waals surface area contributed by atoms with Gasteiger partial charge < -0.3 is 56.4 Å². The van der Waals surface area contributed by atoms with Crippen molar-refractivity contribution in [1.29, 1.82) is 0 Å². The summed E-state index contributed by atoms with van der Waals surface area (Å²) in [5.41, 5.74) is 10.5. The summed E-state index contributed by atoms with van der Waals surface area (Å²) in [6.45, 7) is 39.9. The molecule has 6 nitrogen and oxygen atoms in total. The molecule has 4 atom stereocenters. The van der Waals surface area contributed by atoms with Gasteiger partial charge in [0, 0.05) is 45.1 Å². The van der Waals surface area contributed by atoms with Gasteiger partial charge in [0.15, 0.2) is 0 Å². The van der Waals surface area contributed by atoms with Crippen LogP contribution in [-0.4, -0.2) is 24.4 Å². The maximum absolute atomic E-state index is 6.48. The Bertz CT molecular complexity index is 4180. The normalized spacial score (nSPS) is 11.8. The van der Waals surface area contributed by atoms with E-state index in [1.54, 1.807) is 0 Å². The monoisotopic (exact) mass is 2090 g/mol. The van der Waals surface area contributed by atoms with Crippen LogP contribution in [0.3, 0.4) is 0 Å². The van der Waals surface area contributed by atoms with Gasteiger partial charge in [-0.1, -0.05) is 213 Å². The number of rotatable bonds is 24. The van der Waals surface area contributed by atoms with E-state index < -0.39 is 0 Å². The maximum Gasteiger partial charge on any atom is 2.00 e. The third-order valence-corrected chi connectivity index (χ3v) is 18.3. The minimum atomic E-state index is 0. The fourth-order valence-corrected chi connectivity index (χ4v) is 12.3. The molecular formula is C94H104N2O4Os4. The van der Waals surface area contributed by atoms with Crippen LogP contribution in [0.25, 0.3) is 86.9 Å². The minimum absolute atomic E-state index is 0. The fraction of sp³-hybridized carbons (Fsp3) is 0.298. The zero-order valence-electron chi connectivity index (χ0n) is 63.0. The van der Waals surface area contributed by atoms with Gasteiger partial charge in [-0.15, -0.1) is 48.5 Å². The Hall–Kier alpha value is -6.71. The predicted octanol–water partition coefficient (Wildman–Crippen LogP) is 28.1. The molecule has 0 amide bonds. The number of hydrogen-bond donors (Lipinski definition) is 0. The van der Waals surface area contributed by atoms with Gasteiger partial charge in [0.05, 0.1) is 24.4 Å². The number of nitrogens with zero attached hydrogens (tertiary/aromatic N) is 2. The average Bonchev–Trinajstić information content (AvgIpc) is 1.51. The molecule has 13 aromatic carbocycles. The fourth-order valence-electron chi connectivity index (χ4n) is 12.3. The van der Waals surface area contributed by atoms with Crippen molar-refractivity contribution in [2.75, 3.05) is 9.80 Å². The quantitative estimate of drug-likeness (QED) is 0.0562. The first-order valence-electron chi connectivity index (χ1n) is 36.8. The Morgan fingerprint density at radius 2 is 0.538 bits per heavy atom. The summed E-state index contributed by atoms with van der Waals surface area (Å²) in [5.74, 6) is 3.07. The molecule has 0 aliphatic heterocycles. The van der Waals surface area contributed by atoms with E-state index in [9.17, 15) is 0 Å². The maximum atomic E-state index is 6.48. The Kier molecular flexibility index (Phi) is 37.0. The van der Waals surface area contributed by atoms with Gasteiger partial charge in [-0.25, -0.2) is 0 Å². The summed E-state index contributed by atoms with van der Waals surface area (Å²) in [6, 6.07) is 83.4. The van der Waals surface area contributed by atoms with Crippen molar-refractivity contribution in [1.82, 2.24) is 0 Å². The number of anilines is 6. The zero-order valence-corrected chi connectivity index (χ0v) is 73.2. The van der Waals surface area contributed by atoms with Gasteiger partial charge in [0.2, 0.25) is 0 Å². The van der Waals surface area contributed by atoms with Crippen LogP contribution in [0, 0.1) is 52.0 Å². The minimum Gasteiger partial charge on any atom is -0.548 e. The molecule has 0 spiro atoms. The number of hydrogen-bond acceptors (Lipinski definition) is 6. The van der Waals surface area contributed by atoms with Crippen molar-refractivity contribution < 1.29 is 98.1 Å². The van der Waals surface area contributed by atoms with E-state index in [0.29, 0.717) is 0 Å². The van der Waals surface area contributed by atoms with Crippen LogP contribution in [0.5, 0.6) is 23.0 Å². The van der Waals surface area contributed by atoms with E-state index in [-0.39, 0.29) is 104 Å². The second kappa shape index (κ2) is 43.8. The van der Waals surface area contributed by atoms with Crippen molar-refractivity contribution in [2.24, 2.45) is 0 Å². The molecule has 4 unspecified atom stereocenters. The molecule has 0 N–H and O–H groups in total. The Morgan fingerprint density at radius 3 is 0.779 bits per heavy atom. The van der Waals surface area contributed by atoms with E-state index in [1.807, 2.05) is 48.5 Å². The smallest absolute Gasteiger partial charge is 0.548 e. The SMILES string of the molecule is CCC(C)Oc1c[c-]cc(N(c2c[c-]cc(OC(C)CC)c2)c2ccc3c4c(-c5ccccc5)c5c6cccc7c(N(c8c[c-]cc(OC(C)CC)c8)c8c[c-]cc(OC(C)CC)c8)ccc(c5c(-c5ccccc5)c4c4cccc2c43)c76)c1.[CH2-]CCC.[CH2-]CCC.[CH2-]CCC.[CH2-]CCC.[Os+2].[Os+2].[Os+2].[Os+2]. The molecule has 0 heterocycles. The van der Waals surface area contributed by atoms with Crippen LogP contribution >= 0.6 is 0 Å². The topological polar surface area (TPSA) is 43.4 Å². The standard InChI is InChI=1S/C78H68N2O4.4C4H9.4Os/c1-9-49(5)81-59-33-19-29-55(45-59)79(56-30-20-34-60(46-56)82-50(6)10-2)69-43-41-67-73-63(69)37-23-39-65(73)75-71(53-25-15-13-16-26-53)78-68-42-44-70(64-38-24-40-66(74(64)68)76(78)72(77(67)75)54-27-17-14-18-28-54)80(57-31-21-35-61(47-57)83-51(7)11-3)58-32-22-36-62(48-58)84-52(8)12-4;4*1-3-4-2;;;;/h13-18,23-52H,9-12H2,1-8H3;4*1,3-4H2,2H3;;;;/q-4;4*-1;4*+2. The molecule has 10 heteroatoms. The first-order valence-corrected chi connectivity index (χ1v) is 36.8. The molecule has 13 rings (SSSR count). The van der Waals surface area contributed by atoms with E-state index >= 15 is 0 Å². The van der Waals surface area contributed by atoms with Crippen molar-refractivity contribution in [3.63, 3.8) is 0 Å². The summed E-state index contributed by atoms with van der Waals surface area (Å²) in [5, 5.41) is 14.4. The zero-order chi connectivity index (χ0) is 71.2. The molecule has 0 saturated heterocycles. The van der Waals surface area contributed by atoms with Crippen molar-refractivity contribution >= 4 is 98.8 Å². The van der Waals surface area contributed by atoms with Crippen molar-refractivity contribution in [2.45, 2.75) is 185 Å². The van der Waals surface area contributed by atoms with Crippen LogP contribution < -0.4 is 28.7 Å². The van der Waals surface area contributed by atoms with Gasteiger partial charge in [0.25, 0.3) is 0 Å². The predicted molar refractivity (Wildman–Crippen MR) is 432 cm³/mol. The first-order chi connectivity index (χ1) is 48.8. The second-order valence-electron chi connectivity index (χ2n) is 25.8. The molecule has 0 radical (unpaired) electrons. The summed E-state index contributed by atoms with van der Waals surface area (Å²) >= 11 is 0. The molecule has 0 fully saturated rings. The van der Waals surface area contributed by atoms with Crippen molar-refractivity contribution in [3.05, 3.63) is 246 Å². The molecular weight excluding hydrogens is 1980 g/mol. The largest absolute Gasteiger partial charge is 2.00 e. The number of ether oxygens (including phenoxy) is 4. The molecule has 0 saturated carbocycles. The third kappa shape index (κ3) is 20.5. The molecule has 13 aromatic rings. The molecule has 0 aliphatic carbocycles.